The highest BCUT2D eigenvalue weighted by Gasteiger charge is 2.48. The summed E-state index contributed by atoms with van der Waals surface area (Å²) in [5.74, 6) is 1.28. The van der Waals surface area contributed by atoms with Crippen LogP contribution in [0.1, 0.15) is 68.3 Å². The van der Waals surface area contributed by atoms with Crippen molar-refractivity contribution in [1.29, 1.82) is 0 Å². The van der Waals surface area contributed by atoms with Gasteiger partial charge < -0.3 is 10.4 Å². The lowest BCUT2D eigenvalue weighted by Crippen LogP contribution is -2.36. The Morgan fingerprint density at radius 3 is 2.78 bits per heavy atom. The van der Waals surface area contributed by atoms with E-state index < -0.39 is 0 Å². The first kappa shape index (κ1) is 21.6. The van der Waals surface area contributed by atoms with E-state index in [1.54, 1.807) is 6.07 Å². The van der Waals surface area contributed by atoms with Gasteiger partial charge in [0.05, 0.1) is 33.1 Å². The highest BCUT2D eigenvalue weighted by Crippen LogP contribution is 2.52. The van der Waals surface area contributed by atoms with Gasteiger partial charge in [-0.25, -0.2) is 0 Å². The molecule has 3 aromatic rings. The molecular weight excluding hydrogens is 422 g/mol. The molecule has 0 amide bonds. The Hall–Kier alpha value is -2.21. The van der Waals surface area contributed by atoms with Gasteiger partial charge in [0.1, 0.15) is 5.82 Å². The third kappa shape index (κ3) is 3.21. The lowest BCUT2D eigenvalue weighted by molar-refractivity contribution is 0.105. The van der Waals surface area contributed by atoms with E-state index in [0.29, 0.717) is 29.2 Å². The first-order chi connectivity index (χ1) is 15.5. The topological polar surface area (TPSA) is 67.2 Å². The van der Waals surface area contributed by atoms with E-state index in [9.17, 15) is 9.90 Å². The molecule has 5 rings (SSSR count). The third-order valence-electron chi connectivity index (χ3n) is 7.59. The standard InChI is InChI=1S/C26H30ClN3O2/c1-3-16(11-14-28-2)17-7-8-21-19(15-17)26(12-9-18(31)10-13-26)25-29-24(32)23-20(27)5-4-6-22(23)30(21)25/h4-8,15-16,18,28,31H,3,9-14H2,1-2H3. The zero-order valence-corrected chi connectivity index (χ0v) is 19.5. The Morgan fingerprint density at radius 1 is 1.28 bits per heavy atom. The van der Waals surface area contributed by atoms with Crippen molar-refractivity contribution in [3.8, 4) is 5.69 Å². The molecule has 0 radical (unpaired) electrons. The van der Waals surface area contributed by atoms with Gasteiger partial charge in [-0.15, -0.1) is 0 Å². The van der Waals surface area contributed by atoms with Crippen molar-refractivity contribution in [3.05, 3.63) is 68.7 Å². The molecule has 1 aliphatic carbocycles. The molecular formula is C26H30ClN3O2. The molecule has 0 bridgehead atoms. The summed E-state index contributed by atoms with van der Waals surface area (Å²) in [4.78, 5) is 17.7. The van der Waals surface area contributed by atoms with Crippen LogP contribution in [0.25, 0.3) is 16.6 Å². The Morgan fingerprint density at radius 2 is 2.06 bits per heavy atom. The molecule has 0 saturated heterocycles. The van der Waals surface area contributed by atoms with Gasteiger partial charge in [0, 0.05) is 0 Å². The minimum atomic E-state index is -0.346. The lowest BCUT2D eigenvalue weighted by atomic mass is 9.68. The average molecular weight is 452 g/mol. The van der Waals surface area contributed by atoms with Gasteiger partial charge in [-0.1, -0.05) is 36.7 Å². The van der Waals surface area contributed by atoms with Crippen LogP contribution in [0.5, 0.6) is 0 Å². The predicted molar refractivity (Wildman–Crippen MR) is 129 cm³/mol. The van der Waals surface area contributed by atoms with Gasteiger partial charge in [-0.3, -0.25) is 9.36 Å². The summed E-state index contributed by atoms with van der Waals surface area (Å²) in [6.45, 7) is 3.22. The first-order valence-electron chi connectivity index (χ1n) is 11.7. The molecule has 2 N–H and O–H groups in total. The van der Waals surface area contributed by atoms with E-state index in [1.165, 1.54) is 11.1 Å². The van der Waals surface area contributed by atoms with Crippen molar-refractivity contribution >= 4 is 22.5 Å². The smallest absolute Gasteiger partial charge is 0.282 e. The van der Waals surface area contributed by atoms with E-state index in [2.05, 4.69) is 40.0 Å². The Bertz CT molecular complexity index is 1230. The van der Waals surface area contributed by atoms with Crippen LogP contribution in [0.4, 0.5) is 0 Å². The number of hydrogen-bond donors (Lipinski definition) is 2. The quantitative estimate of drug-likeness (QED) is 0.591. The fourth-order valence-electron chi connectivity index (χ4n) is 5.81. The maximum Gasteiger partial charge on any atom is 0.282 e. The number of aromatic nitrogens is 2. The number of hydrogen-bond acceptors (Lipinski definition) is 4. The third-order valence-corrected chi connectivity index (χ3v) is 7.90. The van der Waals surface area contributed by atoms with E-state index in [0.717, 1.165) is 49.3 Å². The van der Waals surface area contributed by atoms with Crippen molar-refractivity contribution in [3.63, 3.8) is 0 Å². The molecule has 168 valence electrons. The fraction of sp³-hybridized carbons (Fsp3) is 0.462. The number of rotatable bonds is 5. The summed E-state index contributed by atoms with van der Waals surface area (Å²) >= 11 is 6.43. The van der Waals surface area contributed by atoms with Gasteiger partial charge in [0.25, 0.3) is 5.56 Å². The molecule has 1 fully saturated rings. The Balaban J connectivity index is 1.77. The van der Waals surface area contributed by atoms with Crippen molar-refractivity contribution in [2.75, 3.05) is 13.6 Å². The summed E-state index contributed by atoms with van der Waals surface area (Å²) < 4.78 is 2.15. The Labute approximate surface area is 193 Å². The van der Waals surface area contributed by atoms with Crippen LogP contribution in [-0.4, -0.2) is 34.4 Å². The highest BCUT2D eigenvalue weighted by molar-refractivity contribution is 6.35. The molecule has 32 heavy (non-hydrogen) atoms. The molecule has 6 heteroatoms. The molecule has 1 aromatic heterocycles. The van der Waals surface area contributed by atoms with Gasteiger partial charge in [0.15, 0.2) is 0 Å². The van der Waals surface area contributed by atoms with Crippen LogP contribution in [0.15, 0.2) is 41.2 Å². The van der Waals surface area contributed by atoms with Crippen molar-refractivity contribution in [1.82, 2.24) is 14.9 Å². The van der Waals surface area contributed by atoms with Crippen LogP contribution in [-0.2, 0) is 5.41 Å². The number of benzene rings is 2. The van der Waals surface area contributed by atoms with Crippen molar-refractivity contribution in [2.45, 2.75) is 62.9 Å². The molecule has 1 atom stereocenters. The summed E-state index contributed by atoms with van der Waals surface area (Å²) in [6.07, 6.45) is 4.87. The van der Waals surface area contributed by atoms with Crippen LogP contribution >= 0.6 is 11.6 Å². The number of nitrogens with zero attached hydrogens (tertiary/aromatic N) is 2. The summed E-state index contributed by atoms with van der Waals surface area (Å²) in [6, 6.07) is 12.4. The molecule has 1 aliphatic heterocycles. The van der Waals surface area contributed by atoms with Crippen molar-refractivity contribution < 1.29 is 5.11 Å². The number of aliphatic hydroxyl groups is 1. The summed E-state index contributed by atoms with van der Waals surface area (Å²) in [5, 5.41) is 14.5. The van der Waals surface area contributed by atoms with Crippen LogP contribution < -0.4 is 10.9 Å². The summed E-state index contributed by atoms with van der Waals surface area (Å²) in [7, 11) is 1.99. The molecule has 1 spiro atoms. The zero-order valence-electron chi connectivity index (χ0n) is 18.7. The minimum Gasteiger partial charge on any atom is -0.393 e. The number of nitrogens with one attached hydrogen (secondary N) is 1. The SMILES string of the molecule is CCC(CCNC)c1ccc2c(c1)C1(CCC(O)CC1)c1nc(=O)c3c(Cl)cccc3n1-2. The number of fused-ring (bicyclic) bond motifs is 7. The molecule has 1 saturated carbocycles. The molecule has 2 aromatic carbocycles. The van der Waals surface area contributed by atoms with E-state index >= 15 is 0 Å². The largest absolute Gasteiger partial charge is 0.393 e. The number of halogens is 1. The van der Waals surface area contributed by atoms with E-state index in [1.807, 2.05) is 19.2 Å². The second kappa shape index (κ2) is 8.29. The average Bonchev–Trinajstić information content (AvgIpc) is 3.05. The second-order valence-corrected chi connectivity index (χ2v) is 9.70. The van der Waals surface area contributed by atoms with Gasteiger partial charge in [-0.05, 0) is 87.4 Å². The van der Waals surface area contributed by atoms with Gasteiger partial charge in [-0.2, -0.15) is 4.98 Å². The molecule has 2 heterocycles. The van der Waals surface area contributed by atoms with Crippen LogP contribution in [0.3, 0.4) is 0 Å². The second-order valence-electron chi connectivity index (χ2n) is 9.30. The predicted octanol–water partition coefficient (Wildman–Crippen LogP) is 4.68. The zero-order chi connectivity index (χ0) is 22.5. The Kier molecular flexibility index (Phi) is 5.60. The first-order valence-corrected chi connectivity index (χ1v) is 12.1. The maximum absolute atomic E-state index is 13.1. The highest BCUT2D eigenvalue weighted by atomic mass is 35.5. The van der Waals surface area contributed by atoms with Gasteiger partial charge in [0.2, 0.25) is 0 Å². The van der Waals surface area contributed by atoms with Crippen molar-refractivity contribution in [2.24, 2.45) is 0 Å². The summed E-state index contributed by atoms with van der Waals surface area (Å²) in [5.41, 5.74) is 3.86. The number of aliphatic hydroxyl groups excluding tert-OH is 1. The van der Waals surface area contributed by atoms with E-state index in [-0.39, 0.29) is 17.1 Å². The van der Waals surface area contributed by atoms with Crippen LogP contribution in [0.2, 0.25) is 5.02 Å². The van der Waals surface area contributed by atoms with E-state index in [4.69, 9.17) is 11.6 Å². The van der Waals surface area contributed by atoms with Crippen LogP contribution in [0, 0.1) is 0 Å². The minimum absolute atomic E-state index is 0.268. The lowest BCUT2D eigenvalue weighted by Gasteiger charge is -2.36. The molecule has 5 nitrogen and oxygen atoms in total. The fourth-order valence-corrected chi connectivity index (χ4v) is 6.06. The molecule has 2 aliphatic rings. The molecule has 1 unspecified atom stereocenters. The maximum atomic E-state index is 13.1. The van der Waals surface area contributed by atoms with Gasteiger partial charge >= 0.3 is 0 Å². The normalized spacial score (nSPS) is 22.8. The monoisotopic (exact) mass is 451 g/mol.